The zero-order valence-corrected chi connectivity index (χ0v) is 13.8. The van der Waals surface area contributed by atoms with Crippen molar-refractivity contribution in [2.45, 2.75) is 32.6 Å². The smallest absolute Gasteiger partial charge is 0.123 e. The second kappa shape index (κ2) is 7.09. The maximum absolute atomic E-state index is 13.5. The Morgan fingerprint density at radius 2 is 2.30 bits per heavy atom. The lowest BCUT2D eigenvalue weighted by molar-refractivity contribution is 0.226. The van der Waals surface area contributed by atoms with Gasteiger partial charge < -0.3 is 0 Å². The zero-order chi connectivity index (χ0) is 16.2. The van der Waals surface area contributed by atoms with Gasteiger partial charge in [0.05, 0.1) is 6.20 Å². The Bertz CT molecular complexity index is 685. The van der Waals surface area contributed by atoms with Crippen LogP contribution in [0.3, 0.4) is 0 Å². The van der Waals surface area contributed by atoms with Gasteiger partial charge in [0, 0.05) is 30.3 Å². The number of likely N-dealkylation sites (tertiary alicyclic amines) is 1. The van der Waals surface area contributed by atoms with Crippen LogP contribution in [0.2, 0.25) is 0 Å². The van der Waals surface area contributed by atoms with Crippen molar-refractivity contribution in [3.63, 3.8) is 0 Å². The summed E-state index contributed by atoms with van der Waals surface area (Å²) in [7, 11) is 0. The topological polar surface area (TPSA) is 31.9 Å². The number of rotatable bonds is 4. The number of aromatic nitrogens is 2. The van der Waals surface area contributed by atoms with Gasteiger partial charge in [-0.15, -0.1) is 0 Å². The van der Waals surface area contributed by atoms with Crippen LogP contribution in [-0.4, -0.2) is 34.7 Å². The predicted octanol–water partition coefficient (Wildman–Crippen LogP) is 4.36. The molecule has 1 aromatic carbocycles. The molecule has 0 aliphatic carbocycles. The van der Waals surface area contributed by atoms with E-state index in [0.717, 1.165) is 42.9 Å². The fourth-order valence-electron chi connectivity index (χ4n) is 3.26. The molecule has 0 unspecified atom stereocenters. The van der Waals surface area contributed by atoms with Crippen LogP contribution in [0.1, 0.15) is 38.3 Å². The van der Waals surface area contributed by atoms with Crippen LogP contribution in [0.15, 0.2) is 42.1 Å². The maximum Gasteiger partial charge on any atom is 0.123 e. The lowest BCUT2D eigenvalue weighted by Crippen LogP contribution is -2.34. The molecule has 1 aromatic heterocycles. The van der Waals surface area contributed by atoms with Crippen LogP contribution in [-0.2, 0) is 0 Å². The van der Waals surface area contributed by atoms with Crippen molar-refractivity contribution in [1.29, 1.82) is 0 Å². The molecule has 3 rings (SSSR count). The number of hydrogen-bond donors (Lipinski definition) is 1. The molecule has 3 nitrogen and oxygen atoms in total. The Hall–Kier alpha value is -1.94. The number of H-pyrrole nitrogens is 1. The third-order valence-electron chi connectivity index (χ3n) is 4.48. The third kappa shape index (κ3) is 3.88. The van der Waals surface area contributed by atoms with E-state index in [4.69, 9.17) is 0 Å². The van der Waals surface area contributed by atoms with E-state index in [9.17, 15) is 4.39 Å². The fraction of sp³-hybridized carbons (Fsp3) is 0.421. The molecule has 0 spiro atoms. The Morgan fingerprint density at radius 3 is 3.09 bits per heavy atom. The fourth-order valence-corrected chi connectivity index (χ4v) is 3.26. The number of piperidine rings is 1. The summed E-state index contributed by atoms with van der Waals surface area (Å²) in [6.45, 7) is 7.44. The number of nitrogens with zero attached hydrogens (tertiary/aromatic N) is 2. The highest BCUT2D eigenvalue weighted by Gasteiger charge is 2.24. The largest absolute Gasteiger partial charge is 0.299 e. The van der Waals surface area contributed by atoms with Crippen LogP contribution in [0.5, 0.6) is 0 Å². The first-order valence-electron chi connectivity index (χ1n) is 8.28. The van der Waals surface area contributed by atoms with Crippen LogP contribution in [0.4, 0.5) is 4.39 Å². The van der Waals surface area contributed by atoms with Gasteiger partial charge in [0.25, 0.3) is 0 Å². The summed E-state index contributed by atoms with van der Waals surface area (Å²) in [6.07, 6.45) is 6.43. The van der Waals surface area contributed by atoms with Gasteiger partial charge in [-0.2, -0.15) is 5.10 Å². The molecule has 2 heterocycles. The quantitative estimate of drug-likeness (QED) is 0.850. The Morgan fingerprint density at radius 1 is 1.43 bits per heavy atom. The highest BCUT2D eigenvalue weighted by molar-refractivity contribution is 5.65. The number of aromatic amines is 1. The average Bonchev–Trinajstić information content (AvgIpc) is 3.03. The highest BCUT2D eigenvalue weighted by Crippen LogP contribution is 2.33. The van der Waals surface area contributed by atoms with E-state index in [1.807, 2.05) is 12.3 Å². The zero-order valence-electron chi connectivity index (χ0n) is 13.8. The first kappa shape index (κ1) is 15.9. The summed E-state index contributed by atoms with van der Waals surface area (Å²) in [5.74, 6) is 0.221. The number of halogens is 1. The number of allylic oxidation sites excluding steroid dienone is 1. The first-order valence-corrected chi connectivity index (χ1v) is 8.28. The molecule has 1 atom stereocenters. The molecule has 23 heavy (non-hydrogen) atoms. The molecule has 0 saturated carbocycles. The van der Waals surface area contributed by atoms with Crippen molar-refractivity contribution >= 4 is 0 Å². The summed E-state index contributed by atoms with van der Waals surface area (Å²) in [5, 5.41) is 7.39. The molecule has 0 amide bonds. The Kier molecular flexibility index (Phi) is 4.91. The lowest BCUT2D eigenvalue weighted by atomic mass is 9.90. The van der Waals surface area contributed by atoms with Gasteiger partial charge >= 0.3 is 0 Å². The predicted molar refractivity (Wildman–Crippen MR) is 91.8 cm³/mol. The number of benzene rings is 1. The number of hydrogen-bond acceptors (Lipinski definition) is 2. The van der Waals surface area contributed by atoms with Crippen molar-refractivity contribution in [2.75, 3.05) is 19.6 Å². The monoisotopic (exact) mass is 313 g/mol. The van der Waals surface area contributed by atoms with Gasteiger partial charge in [0.1, 0.15) is 5.82 Å². The summed E-state index contributed by atoms with van der Waals surface area (Å²) in [4.78, 5) is 2.48. The van der Waals surface area contributed by atoms with Gasteiger partial charge in [-0.25, -0.2) is 4.39 Å². The van der Waals surface area contributed by atoms with Crippen LogP contribution in [0, 0.1) is 5.82 Å². The van der Waals surface area contributed by atoms with Crippen LogP contribution < -0.4 is 0 Å². The average molecular weight is 313 g/mol. The van der Waals surface area contributed by atoms with Crippen molar-refractivity contribution in [1.82, 2.24) is 15.1 Å². The molecule has 1 saturated heterocycles. The molecular weight excluding hydrogens is 289 g/mol. The normalized spacial score (nSPS) is 18.8. The second-order valence-electron chi connectivity index (χ2n) is 6.59. The first-order chi connectivity index (χ1) is 11.1. The van der Waals surface area contributed by atoms with E-state index in [1.165, 1.54) is 18.1 Å². The van der Waals surface area contributed by atoms with Crippen LogP contribution >= 0.6 is 0 Å². The minimum atomic E-state index is -0.205. The summed E-state index contributed by atoms with van der Waals surface area (Å²) in [6, 6.07) is 6.76. The van der Waals surface area contributed by atoms with E-state index < -0.39 is 0 Å². The second-order valence-corrected chi connectivity index (χ2v) is 6.59. The Labute approximate surface area is 137 Å². The maximum atomic E-state index is 13.5. The molecule has 1 aliphatic heterocycles. The minimum Gasteiger partial charge on any atom is -0.299 e. The standard InChI is InChI=1S/C19H24FN3/c1-14(2)8-10-23-9-4-6-16(13-23)19-18(12-21-22-19)15-5-3-7-17(20)11-15/h3,5,7-8,11-12,16H,4,6,9-10,13H2,1-2H3,(H,21,22)/t16-/m0/s1. The van der Waals surface area contributed by atoms with Crippen molar-refractivity contribution in [3.05, 3.63) is 53.6 Å². The SMILES string of the molecule is CC(C)=CCN1CCC[C@H](c2[nH]ncc2-c2cccc(F)c2)C1. The molecule has 122 valence electrons. The lowest BCUT2D eigenvalue weighted by Gasteiger charge is -2.32. The summed E-state index contributed by atoms with van der Waals surface area (Å²) < 4.78 is 13.5. The van der Waals surface area contributed by atoms with E-state index >= 15 is 0 Å². The molecule has 0 radical (unpaired) electrons. The van der Waals surface area contributed by atoms with Gasteiger partial charge in [-0.3, -0.25) is 10.00 Å². The molecular formula is C19H24FN3. The molecule has 2 aromatic rings. The van der Waals surface area contributed by atoms with Gasteiger partial charge in [-0.05, 0) is 50.9 Å². The molecule has 4 heteroatoms. The van der Waals surface area contributed by atoms with E-state index in [0.29, 0.717) is 5.92 Å². The third-order valence-corrected chi connectivity index (χ3v) is 4.48. The van der Waals surface area contributed by atoms with Gasteiger partial charge in [0.15, 0.2) is 0 Å². The van der Waals surface area contributed by atoms with Crippen molar-refractivity contribution < 1.29 is 4.39 Å². The molecule has 1 fully saturated rings. The van der Waals surface area contributed by atoms with Crippen molar-refractivity contribution in [3.8, 4) is 11.1 Å². The van der Waals surface area contributed by atoms with Crippen molar-refractivity contribution in [2.24, 2.45) is 0 Å². The molecule has 1 N–H and O–H groups in total. The number of nitrogens with one attached hydrogen (secondary N) is 1. The van der Waals surface area contributed by atoms with Gasteiger partial charge in [-0.1, -0.05) is 23.8 Å². The highest BCUT2D eigenvalue weighted by atomic mass is 19.1. The van der Waals surface area contributed by atoms with E-state index in [1.54, 1.807) is 12.1 Å². The molecule has 1 aliphatic rings. The summed E-state index contributed by atoms with van der Waals surface area (Å²) in [5.41, 5.74) is 4.42. The Balaban J connectivity index is 1.80. The molecule has 0 bridgehead atoms. The van der Waals surface area contributed by atoms with E-state index in [2.05, 4.69) is 35.0 Å². The minimum absolute atomic E-state index is 0.205. The van der Waals surface area contributed by atoms with Gasteiger partial charge in [0.2, 0.25) is 0 Å². The summed E-state index contributed by atoms with van der Waals surface area (Å²) >= 11 is 0. The van der Waals surface area contributed by atoms with Crippen LogP contribution in [0.25, 0.3) is 11.1 Å². The van der Waals surface area contributed by atoms with E-state index in [-0.39, 0.29) is 5.82 Å².